The van der Waals surface area contributed by atoms with Crippen molar-refractivity contribution >= 4 is 17.5 Å². The van der Waals surface area contributed by atoms with Gasteiger partial charge in [-0.05, 0) is 30.7 Å². The normalized spacial score (nSPS) is 19.9. The van der Waals surface area contributed by atoms with E-state index in [1.54, 1.807) is 6.07 Å². The number of alkyl halides is 3. The summed E-state index contributed by atoms with van der Waals surface area (Å²) in [6.45, 7) is 0. The highest BCUT2D eigenvalue weighted by atomic mass is 35.5. The predicted molar refractivity (Wildman–Crippen MR) is 79.3 cm³/mol. The van der Waals surface area contributed by atoms with Gasteiger partial charge in [0.1, 0.15) is 11.5 Å². The predicted octanol–water partition coefficient (Wildman–Crippen LogP) is 4.18. The molecule has 126 valence electrons. The van der Waals surface area contributed by atoms with Gasteiger partial charge in [0.25, 0.3) is 5.91 Å². The van der Waals surface area contributed by atoms with Crippen molar-refractivity contribution in [1.82, 2.24) is 10.3 Å². The molecule has 3 nitrogen and oxygen atoms in total. The fourth-order valence-electron chi connectivity index (χ4n) is 2.49. The van der Waals surface area contributed by atoms with Crippen LogP contribution in [0.3, 0.4) is 0 Å². The van der Waals surface area contributed by atoms with Gasteiger partial charge in [0.2, 0.25) is 0 Å². The summed E-state index contributed by atoms with van der Waals surface area (Å²) in [7, 11) is 0. The number of amides is 1. The molecular formula is C16H11ClF4N2O. The van der Waals surface area contributed by atoms with Crippen LogP contribution in [0.1, 0.15) is 34.0 Å². The van der Waals surface area contributed by atoms with Crippen molar-refractivity contribution in [3.8, 4) is 0 Å². The number of nitrogens with zero attached hydrogens (tertiary/aromatic N) is 1. The number of carbonyl (C=O) groups is 1. The lowest BCUT2D eigenvalue weighted by atomic mass is 10.1. The third kappa shape index (κ3) is 3.36. The summed E-state index contributed by atoms with van der Waals surface area (Å²) in [6, 6.07) is 5.83. The Labute approximate surface area is 139 Å². The van der Waals surface area contributed by atoms with E-state index in [0.717, 1.165) is 18.3 Å². The zero-order chi connectivity index (χ0) is 17.5. The summed E-state index contributed by atoms with van der Waals surface area (Å²) in [5, 5.41) is 2.93. The summed E-state index contributed by atoms with van der Waals surface area (Å²) in [5.41, 5.74) is -0.718. The van der Waals surface area contributed by atoms with Gasteiger partial charge in [-0.2, -0.15) is 13.2 Å². The van der Waals surface area contributed by atoms with Crippen LogP contribution in [0.2, 0.25) is 5.02 Å². The third-order valence-corrected chi connectivity index (χ3v) is 4.12. The number of carbonyl (C=O) groups excluding carboxylic acids is 1. The minimum Gasteiger partial charge on any atom is -0.349 e. The van der Waals surface area contributed by atoms with Gasteiger partial charge in [-0.1, -0.05) is 17.7 Å². The molecule has 1 amide bonds. The molecule has 0 spiro atoms. The summed E-state index contributed by atoms with van der Waals surface area (Å²) in [5.74, 6) is -1.25. The Kier molecular flexibility index (Phi) is 4.21. The van der Waals surface area contributed by atoms with Gasteiger partial charge in [-0.15, -0.1) is 0 Å². The molecule has 1 aliphatic carbocycles. The van der Waals surface area contributed by atoms with Crippen LogP contribution in [-0.2, 0) is 6.18 Å². The Hall–Kier alpha value is -2.15. The molecule has 1 saturated carbocycles. The van der Waals surface area contributed by atoms with Crippen LogP contribution < -0.4 is 5.32 Å². The fraction of sp³-hybridized carbons (Fsp3) is 0.250. The molecule has 2 atom stereocenters. The second-order valence-corrected chi connectivity index (χ2v) is 5.89. The van der Waals surface area contributed by atoms with Crippen LogP contribution in [0.25, 0.3) is 0 Å². The van der Waals surface area contributed by atoms with Crippen molar-refractivity contribution in [2.45, 2.75) is 24.6 Å². The SMILES string of the molecule is O=C(N[C@@H]1C[C@@H]1c1c(F)cccc1Cl)c1ccc(C(F)(F)F)nc1. The Morgan fingerprint density at radius 2 is 2.00 bits per heavy atom. The number of pyridine rings is 1. The van der Waals surface area contributed by atoms with Crippen molar-refractivity contribution in [2.75, 3.05) is 0 Å². The maximum atomic E-state index is 13.8. The number of halogens is 5. The van der Waals surface area contributed by atoms with E-state index in [1.807, 2.05) is 0 Å². The number of hydrogen-bond donors (Lipinski definition) is 1. The molecule has 1 aromatic carbocycles. The molecule has 1 aliphatic rings. The van der Waals surface area contributed by atoms with Crippen molar-refractivity contribution in [3.63, 3.8) is 0 Å². The molecule has 1 fully saturated rings. The van der Waals surface area contributed by atoms with Gasteiger partial charge < -0.3 is 5.32 Å². The van der Waals surface area contributed by atoms with Gasteiger partial charge in [0.15, 0.2) is 0 Å². The minimum atomic E-state index is -4.56. The van der Waals surface area contributed by atoms with E-state index in [1.165, 1.54) is 12.1 Å². The molecule has 24 heavy (non-hydrogen) atoms. The first kappa shape index (κ1) is 16.7. The molecule has 0 saturated heterocycles. The van der Waals surface area contributed by atoms with E-state index in [-0.39, 0.29) is 22.5 Å². The van der Waals surface area contributed by atoms with Gasteiger partial charge in [-0.25, -0.2) is 4.39 Å². The summed E-state index contributed by atoms with van der Waals surface area (Å²) in [6.07, 6.45) is -3.18. The molecule has 1 heterocycles. The Bertz CT molecular complexity index is 756. The number of benzene rings is 1. The lowest BCUT2D eigenvalue weighted by Crippen LogP contribution is -2.27. The van der Waals surface area contributed by atoms with E-state index in [4.69, 9.17) is 11.6 Å². The van der Waals surface area contributed by atoms with Gasteiger partial charge in [-0.3, -0.25) is 9.78 Å². The van der Waals surface area contributed by atoms with Gasteiger partial charge in [0, 0.05) is 28.7 Å². The summed E-state index contributed by atoms with van der Waals surface area (Å²) < 4.78 is 51.2. The topological polar surface area (TPSA) is 42.0 Å². The number of nitrogens with one attached hydrogen (secondary N) is 1. The maximum absolute atomic E-state index is 13.8. The Morgan fingerprint density at radius 3 is 2.58 bits per heavy atom. The molecule has 0 aliphatic heterocycles. The zero-order valence-corrected chi connectivity index (χ0v) is 12.8. The zero-order valence-electron chi connectivity index (χ0n) is 12.1. The molecule has 2 aromatic rings. The molecule has 1 N–H and O–H groups in total. The van der Waals surface area contributed by atoms with Gasteiger partial charge in [0.05, 0.1) is 5.56 Å². The highest BCUT2D eigenvalue weighted by Crippen LogP contribution is 2.45. The number of aromatic nitrogens is 1. The summed E-state index contributed by atoms with van der Waals surface area (Å²) in [4.78, 5) is 15.3. The average Bonchev–Trinajstić information content (AvgIpc) is 3.25. The van der Waals surface area contributed by atoms with E-state index in [2.05, 4.69) is 10.3 Å². The smallest absolute Gasteiger partial charge is 0.349 e. The van der Waals surface area contributed by atoms with Crippen LogP contribution in [0, 0.1) is 5.82 Å². The van der Waals surface area contributed by atoms with E-state index >= 15 is 0 Å². The Morgan fingerprint density at radius 1 is 1.25 bits per heavy atom. The molecule has 8 heteroatoms. The van der Waals surface area contributed by atoms with E-state index in [9.17, 15) is 22.4 Å². The van der Waals surface area contributed by atoms with Crippen LogP contribution in [0.5, 0.6) is 0 Å². The highest BCUT2D eigenvalue weighted by molar-refractivity contribution is 6.31. The number of hydrogen-bond acceptors (Lipinski definition) is 2. The first-order valence-corrected chi connectivity index (χ1v) is 7.43. The van der Waals surface area contributed by atoms with E-state index < -0.39 is 23.6 Å². The lowest BCUT2D eigenvalue weighted by Gasteiger charge is -2.08. The van der Waals surface area contributed by atoms with Crippen LogP contribution in [0.15, 0.2) is 36.5 Å². The molecule has 3 rings (SSSR count). The first-order valence-electron chi connectivity index (χ1n) is 7.05. The van der Waals surface area contributed by atoms with Crippen LogP contribution in [0.4, 0.5) is 17.6 Å². The monoisotopic (exact) mass is 358 g/mol. The Balaban J connectivity index is 1.67. The van der Waals surface area contributed by atoms with Gasteiger partial charge >= 0.3 is 6.18 Å². The van der Waals surface area contributed by atoms with Crippen molar-refractivity contribution in [1.29, 1.82) is 0 Å². The molecule has 1 aromatic heterocycles. The largest absolute Gasteiger partial charge is 0.433 e. The third-order valence-electron chi connectivity index (χ3n) is 3.79. The highest BCUT2D eigenvalue weighted by Gasteiger charge is 2.42. The molecule has 0 unspecified atom stereocenters. The molecule has 0 bridgehead atoms. The van der Waals surface area contributed by atoms with Crippen molar-refractivity contribution in [2.24, 2.45) is 0 Å². The van der Waals surface area contributed by atoms with Crippen LogP contribution >= 0.6 is 11.6 Å². The first-order chi connectivity index (χ1) is 11.3. The minimum absolute atomic E-state index is 0.00767. The van der Waals surface area contributed by atoms with E-state index in [0.29, 0.717) is 12.0 Å². The summed E-state index contributed by atoms with van der Waals surface area (Å²) >= 11 is 5.97. The maximum Gasteiger partial charge on any atom is 0.433 e. The lowest BCUT2D eigenvalue weighted by molar-refractivity contribution is -0.141. The fourth-order valence-corrected chi connectivity index (χ4v) is 2.79. The average molecular weight is 359 g/mol. The second kappa shape index (κ2) is 6.05. The quantitative estimate of drug-likeness (QED) is 0.836. The molecule has 0 radical (unpaired) electrons. The number of rotatable bonds is 3. The standard InChI is InChI=1S/C16H11ClF4N2O/c17-10-2-1-3-11(18)14(10)9-6-12(9)23-15(24)8-4-5-13(22-7-8)16(19,20)21/h1-5,7,9,12H,6H2,(H,23,24)/t9-,12+/m0/s1. The van der Waals surface area contributed by atoms with Crippen LogP contribution in [-0.4, -0.2) is 16.9 Å². The molecular weight excluding hydrogens is 348 g/mol. The second-order valence-electron chi connectivity index (χ2n) is 5.49. The van der Waals surface area contributed by atoms with Crippen molar-refractivity contribution < 1.29 is 22.4 Å². The van der Waals surface area contributed by atoms with Crippen molar-refractivity contribution in [3.05, 3.63) is 64.2 Å².